The molecule has 1 atom stereocenters. The van der Waals surface area contributed by atoms with Crippen LogP contribution in [0.1, 0.15) is 38.7 Å². The quantitative estimate of drug-likeness (QED) is 0.326. The summed E-state index contributed by atoms with van der Waals surface area (Å²) in [6, 6.07) is 7.69. The van der Waals surface area contributed by atoms with Crippen LogP contribution in [0.5, 0.6) is 0 Å². The van der Waals surface area contributed by atoms with Gasteiger partial charge < -0.3 is 21.3 Å². The lowest BCUT2D eigenvalue weighted by atomic mass is 9.95. The van der Waals surface area contributed by atoms with Gasteiger partial charge in [0, 0.05) is 38.7 Å². The smallest absolute Gasteiger partial charge is 0.221 e. The molecule has 2 amide bonds. The number of nitrogens with two attached hydrogens (primary N) is 1. The normalized spacial score (nSPS) is 17.0. The highest BCUT2D eigenvalue weighted by Crippen LogP contribution is 2.20. The molecule has 1 unspecified atom stereocenters. The number of amides is 2. The number of nitrogens with one attached hydrogen (secondary N) is 2. The van der Waals surface area contributed by atoms with Crippen LogP contribution in [0.15, 0.2) is 29.3 Å². The van der Waals surface area contributed by atoms with Crippen molar-refractivity contribution in [2.24, 2.45) is 16.6 Å². The second kappa shape index (κ2) is 11.8. The van der Waals surface area contributed by atoms with Gasteiger partial charge in [-0.1, -0.05) is 12.1 Å². The van der Waals surface area contributed by atoms with E-state index in [1.807, 2.05) is 31.2 Å². The van der Waals surface area contributed by atoms with Crippen molar-refractivity contribution in [2.75, 3.05) is 25.0 Å². The first-order valence-electron chi connectivity index (χ1n) is 9.16. The Morgan fingerprint density at radius 3 is 2.81 bits per heavy atom. The van der Waals surface area contributed by atoms with Crippen LogP contribution in [-0.4, -0.2) is 42.3 Å². The molecule has 0 bridgehead atoms. The van der Waals surface area contributed by atoms with Crippen molar-refractivity contribution in [2.45, 2.75) is 39.7 Å². The van der Waals surface area contributed by atoms with Gasteiger partial charge in [-0.15, -0.1) is 24.0 Å². The van der Waals surface area contributed by atoms with Crippen LogP contribution in [0.4, 0.5) is 5.69 Å². The Balaban J connectivity index is 0.00000364. The van der Waals surface area contributed by atoms with E-state index in [1.54, 1.807) is 0 Å². The summed E-state index contributed by atoms with van der Waals surface area (Å²) < 4.78 is 0. The van der Waals surface area contributed by atoms with Crippen LogP contribution >= 0.6 is 24.0 Å². The fraction of sp³-hybridized carbons (Fsp3) is 0.526. The summed E-state index contributed by atoms with van der Waals surface area (Å²) in [7, 11) is 0. The van der Waals surface area contributed by atoms with Crippen LogP contribution in [0.3, 0.4) is 0 Å². The molecular formula is C19H30IN5O2. The number of guanidine groups is 1. The molecule has 4 N–H and O–H groups in total. The second-order valence-electron chi connectivity index (χ2n) is 6.68. The first-order chi connectivity index (χ1) is 12.5. The second-order valence-corrected chi connectivity index (χ2v) is 6.68. The van der Waals surface area contributed by atoms with Crippen LogP contribution < -0.4 is 16.4 Å². The summed E-state index contributed by atoms with van der Waals surface area (Å²) in [5.41, 5.74) is 7.15. The lowest BCUT2D eigenvalue weighted by Gasteiger charge is -2.34. The summed E-state index contributed by atoms with van der Waals surface area (Å²) in [5.74, 6) is 0.807. The molecule has 0 aromatic heterocycles. The average molecular weight is 487 g/mol. The number of halogens is 1. The molecule has 1 heterocycles. The molecule has 1 aliphatic heterocycles. The van der Waals surface area contributed by atoms with E-state index in [4.69, 9.17) is 10.7 Å². The first kappa shape index (κ1) is 23.2. The maximum Gasteiger partial charge on any atom is 0.221 e. The van der Waals surface area contributed by atoms with Crippen LogP contribution in [0.25, 0.3) is 0 Å². The molecule has 27 heavy (non-hydrogen) atoms. The molecule has 1 fully saturated rings. The number of anilines is 1. The van der Waals surface area contributed by atoms with Crippen molar-refractivity contribution < 1.29 is 9.59 Å². The summed E-state index contributed by atoms with van der Waals surface area (Å²) in [5, 5.41) is 6.12. The molecule has 1 saturated heterocycles. The number of hydrogen-bond acceptors (Lipinski definition) is 3. The third kappa shape index (κ3) is 8.15. The number of benzene rings is 1. The van der Waals surface area contributed by atoms with E-state index in [1.165, 1.54) is 6.92 Å². The molecule has 1 aliphatic rings. The van der Waals surface area contributed by atoms with Crippen molar-refractivity contribution in [1.29, 1.82) is 0 Å². The number of rotatable bonds is 6. The van der Waals surface area contributed by atoms with Gasteiger partial charge in [0.25, 0.3) is 0 Å². The minimum atomic E-state index is -0.242. The topological polar surface area (TPSA) is 99.8 Å². The highest BCUT2D eigenvalue weighted by atomic mass is 127. The Hall–Kier alpha value is -1.84. The molecule has 150 valence electrons. The fourth-order valence-corrected chi connectivity index (χ4v) is 3.25. The predicted octanol–water partition coefficient (Wildman–Crippen LogP) is 2.32. The van der Waals surface area contributed by atoms with E-state index in [0.29, 0.717) is 13.0 Å². The molecule has 1 aromatic carbocycles. The number of carbonyl (C=O) groups is 2. The van der Waals surface area contributed by atoms with Crippen molar-refractivity contribution in [3.8, 4) is 0 Å². The van der Waals surface area contributed by atoms with Crippen molar-refractivity contribution in [3.05, 3.63) is 29.8 Å². The van der Waals surface area contributed by atoms with Crippen molar-refractivity contribution in [3.63, 3.8) is 0 Å². The SMILES string of the molecule is CCNC(=NCc1cccc(NC(C)=O)c1)N1CCCC(CC(N)=O)C1.I. The third-order valence-electron chi connectivity index (χ3n) is 4.30. The van der Waals surface area contributed by atoms with E-state index in [0.717, 1.165) is 49.7 Å². The van der Waals surface area contributed by atoms with Gasteiger partial charge >= 0.3 is 0 Å². The Morgan fingerprint density at radius 1 is 1.37 bits per heavy atom. The molecular weight excluding hydrogens is 457 g/mol. The van der Waals surface area contributed by atoms with E-state index < -0.39 is 0 Å². The molecule has 0 aliphatic carbocycles. The highest BCUT2D eigenvalue weighted by Gasteiger charge is 2.23. The molecule has 8 heteroatoms. The Morgan fingerprint density at radius 2 is 2.15 bits per heavy atom. The van der Waals surface area contributed by atoms with Gasteiger partial charge in [0.15, 0.2) is 5.96 Å². The van der Waals surface area contributed by atoms with Crippen molar-refractivity contribution in [1.82, 2.24) is 10.2 Å². The zero-order valence-corrected chi connectivity index (χ0v) is 18.4. The predicted molar refractivity (Wildman–Crippen MR) is 119 cm³/mol. The van der Waals surface area contributed by atoms with E-state index in [9.17, 15) is 9.59 Å². The van der Waals surface area contributed by atoms with E-state index in [2.05, 4.69) is 15.5 Å². The van der Waals surface area contributed by atoms with Gasteiger partial charge in [0.05, 0.1) is 6.54 Å². The van der Waals surface area contributed by atoms with Gasteiger partial charge in [-0.3, -0.25) is 9.59 Å². The Bertz CT molecular complexity index is 665. The number of aliphatic imine (C=N–C) groups is 1. The van der Waals surface area contributed by atoms with Gasteiger partial charge in [0.1, 0.15) is 0 Å². The average Bonchev–Trinajstić information content (AvgIpc) is 2.58. The molecule has 0 spiro atoms. The number of likely N-dealkylation sites (tertiary alicyclic amines) is 1. The molecule has 2 rings (SSSR count). The summed E-state index contributed by atoms with van der Waals surface area (Å²) in [6.07, 6.45) is 2.48. The zero-order chi connectivity index (χ0) is 18.9. The monoisotopic (exact) mass is 487 g/mol. The number of piperidine rings is 1. The van der Waals surface area contributed by atoms with Gasteiger partial charge in [-0.2, -0.15) is 0 Å². The van der Waals surface area contributed by atoms with E-state index in [-0.39, 0.29) is 41.7 Å². The van der Waals surface area contributed by atoms with Gasteiger partial charge in [-0.25, -0.2) is 4.99 Å². The molecule has 0 radical (unpaired) electrons. The fourth-order valence-electron chi connectivity index (χ4n) is 3.25. The maximum atomic E-state index is 11.2. The maximum absolute atomic E-state index is 11.2. The number of hydrogen-bond donors (Lipinski definition) is 3. The summed E-state index contributed by atoms with van der Waals surface area (Å²) in [4.78, 5) is 29.4. The lowest BCUT2D eigenvalue weighted by molar-refractivity contribution is -0.119. The number of primary amides is 1. The van der Waals surface area contributed by atoms with Crippen LogP contribution in [0.2, 0.25) is 0 Å². The lowest BCUT2D eigenvalue weighted by Crippen LogP contribution is -2.47. The Kier molecular flexibility index (Phi) is 10.1. The van der Waals surface area contributed by atoms with Gasteiger partial charge in [0.2, 0.25) is 11.8 Å². The first-order valence-corrected chi connectivity index (χ1v) is 9.16. The summed E-state index contributed by atoms with van der Waals surface area (Å²) >= 11 is 0. The van der Waals surface area contributed by atoms with Crippen LogP contribution in [-0.2, 0) is 16.1 Å². The standard InChI is InChI=1S/C19H29N5O2.HI/c1-3-21-19(24-9-5-7-16(13-24)11-18(20)26)22-12-15-6-4-8-17(10-15)23-14(2)25;/h4,6,8,10,16H,3,5,7,9,11-13H2,1-2H3,(H2,20,26)(H,21,22)(H,23,25);1H. The largest absolute Gasteiger partial charge is 0.370 e. The third-order valence-corrected chi connectivity index (χ3v) is 4.30. The number of nitrogens with zero attached hydrogens (tertiary/aromatic N) is 2. The van der Waals surface area contributed by atoms with Crippen molar-refractivity contribution >= 4 is 47.4 Å². The molecule has 0 saturated carbocycles. The summed E-state index contributed by atoms with van der Waals surface area (Å²) in [6.45, 7) is 6.55. The zero-order valence-electron chi connectivity index (χ0n) is 16.0. The molecule has 1 aromatic rings. The van der Waals surface area contributed by atoms with Crippen LogP contribution in [0, 0.1) is 5.92 Å². The van der Waals surface area contributed by atoms with E-state index >= 15 is 0 Å². The molecule has 7 nitrogen and oxygen atoms in total. The van der Waals surface area contributed by atoms with Gasteiger partial charge in [-0.05, 0) is 43.4 Å². The minimum Gasteiger partial charge on any atom is -0.370 e. The highest BCUT2D eigenvalue weighted by molar-refractivity contribution is 14.0. The minimum absolute atomic E-state index is 0. The number of carbonyl (C=O) groups excluding carboxylic acids is 2. The Labute approximate surface area is 178 Å².